The predicted octanol–water partition coefficient (Wildman–Crippen LogP) is 4.20. The Morgan fingerprint density at radius 2 is 1.41 bits per heavy atom. The Balaban J connectivity index is 1.50. The molecule has 1 heterocycles. The van der Waals surface area contributed by atoms with Crippen molar-refractivity contribution in [2.45, 2.75) is 26.0 Å². The molecule has 0 saturated heterocycles. The lowest BCUT2D eigenvalue weighted by atomic mass is 10.1. The third-order valence-electron chi connectivity index (χ3n) is 5.46. The number of carbonyl (C=O) groups is 3. The minimum absolute atomic E-state index is 0.210. The molecule has 3 aromatic carbocycles. The second-order valence-corrected chi connectivity index (χ2v) is 10.5. The third-order valence-corrected chi connectivity index (χ3v) is 7.23. The molecule has 2 N–H and O–H groups in total. The number of nitrogens with one attached hydrogen (secondary N) is 2. The summed E-state index contributed by atoms with van der Waals surface area (Å²) < 4.78 is 26.4. The number of carbonyl (C=O) groups excluding carboxylic acids is 3. The van der Waals surface area contributed by atoms with Crippen molar-refractivity contribution in [2.75, 3.05) is 14.9 Å². The number of aryl methyl sites for hydroxylation is 1. The van der Waals surface area contributed by atoms with Crippen LogP contribution in [0.5, 0.6) is 0 Å². The van der Waals surface area contributed by atoms with Crippen LogP contribution in [-0.4, -0.2) is 31.4 Å². The standard InChI is InChI=1S/C25H23N3O5S/c1-15(2)34(32,33)27-18-8-6-17(7-9-18)23(29)26-19-10-13-21-22(14-19)25(31)28(24(21)30)20-11-4-16(3)5-12-20/h4-15,27H,1-3H3,(H,26,29). The third kappa shape index (κ3) is 4.42. The maximum Gasteiger partial charge on any atom is 0.266 e. The lowest BCUT2D eigenvalue weighted by Crippen LogP contribution is -2.29. The Labute approximate surface area is 197 Å². The van der Waals surface area contributed by atoms with E-state index in [2.05, 4.69) is 10.0 Å². The number of amides is 3. The lowest BCUT2D eigenvalue weighted by Gasteiger charge is -2.13. The molecule has 1 aliphatic rings. The molecular weight excluding hydrogens is 454 g/mol. The van der Waals surface area contributed by atoms with E-state index in [9.17, 15) is 22.8 Å². The van der Waals surface area contributed by atoms with Gasteiger partial charge in [-0.3, -0.25) is 19.1 Å². The summed E-state index contributed by atoms with van der Waals surface area (Å²) in [7, 11) is -3.49. The van der Waals surface area contributed by atoms with Crippen LogP contribution in [0.25, 0.3) is 0 Å². The number of sulfonamides is 1. The van der Waals surface area contributed by atoms with E-state index in [1.807, 2.05) is 19.1 Å². The maximum atomic E-state index is 12.9. The van der Waals surface area contributed by atoms with Crippen LogP contribution in [0.4, 0.5) is 17.1 Å². The van der Waals surface area contributed by atoms with Crippen molar-refractivity contribution in [1.29, 1.82) is 0 Å². The van der Waals surface area contributed by atoms with Crippen LogP contribution in [0.2, 0.25) is 0 Å². The van der Waals surface area contributed by atoms with Crippen LogP contribution in [0, 0.1) is 6.92 Å². The molecular formula is C25H23N3O5S. The Bertz CT molecular complexity index is 1400. The highest BCUT2D eigenvalue weighted by Gasteiger charge is 2.36. The number of hydrogen-bond acceptors (Lipinski definition) is 5. The minimum Gasteiger partial charge on any atom is -0.322 e. The fraction of sp³-hybridized carbons (Fsp3) is 0.160. The Morgan fingerprint density at radius 1 is 0.824 bits per heavy atom. The van der Waals surface area contributed by atoms with Crippen molar-refractivity contribution in [3.8, 4) is 0 Å². The summed E-state index contributed by atoms with van der Waals surface area (Å²) in [6.07, 6.45) is 0. The molecule has 174 valence electrons. The molecule has 0 saturated carbocycles. The molecule has 0 aromatic heterocycles. The molecule has 3 amide bonds. The van der Waals surface area contributed by atoms with Gasteiger partial charge in [0.05, 0.1) is 22.1 Å². The quantitative estimate of drug-likeness (QED) is 0.517. The van der Waals surface area contributed by atoms with Crippen LogP contribution in [-0.2, 0) is 10.0 Å². The Kier molecular flexibility index (Phi) is 5.97. The first-order valence-corrected chi connectivity index (χ1v) is 12.1. The first-order valence-electron chi connectivity index (χ1n) is 10.6. The van der Waals surface area contributed by atoms with E-state index in [1.54, 1.807) is 32.0 Å². The number of hydrogen-bond donors (Lipinski definition) is 2. The lowest BCUT2D eigenvalue weighted by molar-refractivity contribution is 0.0924. The fourth-order valence-electron chi connectivity index (χ4n) is 3.42. The molecule has 8 nitrogen and oxygen atoms in total. The van der Waals surface area contributed by atoms with Gasteiger partial charge in [-0.2, -0.15) is 0 Å². The van der Waals surface area contributed by atoms with E-state index in [0.29, 0.717) is 22.6 Å². The highest BCUT2D eigenvalue weighted by atomic mass is 32.2. The van der Waals surface area contributed by atoms with Gasteiger partial charge in [-0.25, -0.2) is 13.3 Å². The zero-order valence-electron chi connectivity index (χ0n) is 18.8. The average Bonchev–Trinajstić information content (AvgIpc) is 3.04. The first-order chi connectivity index (χ1) is 16.1. The van der Waals surface area contributed by atoms with Gasteiger partial charge in [0, 0.05) is 16.9 Å². The summed E-state index contributed by atoms with van der Waals surface area (Å²) in [4.78, 5) is 39.5. The van der Waals surface area contributed by atoms with Gasteiger partial charge in [0.15, 0.2) is 0 Å². The van der Waals surface area contributed by atoms with Gasteiger partial charge in [-0.1, -0.05) is 17.7 Å². The van der Waals surface area contributed by atoms with Crippen molar-refractivity contribution < 1.29 is 22.8 Å². The minimum atomic E-state index is -3.49. The van der Waals surface area contributed by atoms with E-state index in [0.717, 1.165) is 10.5 Å². The van der Waals surface area contributed by atoms with E-state index < -0.39 is 33.0 Å². The predicted molar refractivity (Wildman–Crippen MR) is 131 cm³/mol. The number of anilines is 3. The van der Waals surface area contributed by atoms with Gasteiger partial charge in [0.25, 0.3) is 17.7 Å². The summed E-state index contributed by atoms with van der Waals surface area (Å²) in [5.41, 5.74) is 2.98. The van der Waals surface area contributed by atoms with Crippen LogP contribution in [0.3, 0.4) is 0 Å². The largest absolute Gasteiger partial charge is 0.322 e. The maximum absolute atomic E-state index is 12.9. The van der Waals surface area contributed by atoms with Crippen molar-refractivity contribution >= 4 is 44.8 Å². The SMILES string of the molecule is Cc1ccc(N2C(=O)c3ccc(NC(=O)c4ccc(NS(=O)(=O)C(C)C)cc4)cc3C2=O)cc1. The van der Waals surface area contributed by atoms with E-state index in [1.165, 1.54) is 36.4 Å². The summed E-state index contributed by atoms with van der Waals surface area (Å²) in [6, 6.07) is 17.6. The van der Waals surface area contributed by atoms with Gasteiger partial charge in [0.1, 0.15) is 0 Å². The van der Waals surface area contributed by atoms with Crippen LogP contribution >= 0.6 is 0 Å². The monoisotopic (exact) mass is 477 g/mol. The molecule has 0 unspecified atom stereocenters. The molecule has 34 heavy (non-hydrogen) atoms. The molecule has 3 aromatic rings. The molecule has 0 aliphatic carbocycles. The molecule has 0 atom stereocenters. The van der Waals surface area contributed by atoms with Gasteiger partial charge in [-0.15, -0.1) is 0 Å². The van der Waals surface area contributed by atoms with Crippen LogP contribution < -0.4 is 14.9 Å². The van der Waals surface area contributed by atoms with Gasteiger partial charge >= 0.3 is 0 Å². The van der Waals surface area contributed by atoms with Crippen molar-refractivity contribution in [2.24, 2.45) is 0 Å². The number of nitrogens with zero attached hydrogens (tertiary/aromatic N) is 1. The molecule has 4 rings (SSSR count). The molecule has 0 bridgehead atoms. The second kappa shape index (κ2) is 8.75. The molecule has 0 radical (unpaired) electrons. The highest BCUT2D eigenvalue weighted by molar-refractivity contribution is 7.93. The topological polar surface area (TPSA) is 113 Å². The van der Waals surface area contributed by atoms with Crippen LogP contribution in [0.15, 0.2) is 66.7 Å². The zero-order valence-corrected chi connectivity index (χ0v) is 19.6. The van der Waals surface area contributed by atoms with Gasteiger partial charge in [0.2, 0.25) is 10.0 Å². The summed E-state index contributed by atoms with van der Waals surface area (Å²) in [6.45, 7) is 5.05. The molecule has 0 spiro atoms. The van der Waals surface area contributed by atoms with Crippen LogP contribution in [0.1, 0.15) is 50.5 Å². The molecule has 0 fully saturated rings. The summed E-state index contributed by atoms with van der Waals surface area (Å²) >= 11 is 0. The highest BCUT2D eigenvalue weighted by Crippen LogP contribution is 2.30. The summed E-state index contributed by atoms with van der Waals surface area (Å²) in [5, 5.41) is 2.12. The summed E-state index contributed by atoms with van der Waals surface area (Å²) in [5.74, 6) is -1.31. The van der Waals surface area contributed by atoms with Gasteiger partial charge in [-0.05, 0) is 75.4 Å². The van der Waals surface area contributed by atoms with Crippen molar-refractivity contribution in [1.82, 2.24) is 0 Å². The smallest absolute Gasteiger partial charge is 0.266 e. The van der Waals surface area contributed by atoms with E-state index >= 15 is 0 Å². The van der Waals surface area contributed by atoms with Crippen molar-refractivity contribution in [3.05, 3.63) is 89.0 Å². The Hall–Kier alpha value is -3.98. The van der Waals surface area contributed by atoms with E-state index in [4.69, 9.17) is 0 Å². The Morgan fingerprint density at radius 3 is 2.03 bits per heavy atom. The number of benzene rings is 3. The second-order valence-electron chi connectivity index (χ2n) is 8.27. The average molecular weight is 478 g/mol. The van der Waals surface area contributed by atoms with Gasteiger partial charge < -0.3 is 5.32 Å². The number of imide groups is 1. The zero-order chi connectivity index (χ0) is 24.6. The number of rotatable bonds is 6. The normalized spacial score (nSPS) is 13.2. The fourth-order valence-corrected chi connectivity index (χ4v) is 4.12. The van der Waals surface area contributed by atoms with Crippen molar-refractivity contribution in [3.63, 3.8) is 0 Å². The first kappa shape index (κ1) is 23.2. The molecule has 9 heteroatoms. The molecule has 1 aliphatic heterocycles. The van der Waals surface area contributed by atoms with E-state index in [-0.39, 0.29) is 11.1 Å². The number of fused-ring (bicyclic) bond motifs is 1.